The van der Waals surface area contributed by atoms with Crippen LogP contribution in [0.15, 0.2) is 57.6 Å². The number of oxazole rings is 1. The highest BCUT2D eigenvalue weighted by molar-refractivity contribution is 5.91. The number of aromatic nitrogens is 1. The summed E-state index contributed by atoms with van der Waals surface area (Å²) in [6, 6.07) is 10.9. The Hall–Kier alpha value is -2.82. The highest BCUT2D eigenvalue weighted by Crippen LogP contribution is 2.24. The number of amides is 1. The molecule has 1 aromatic carbocycles. The van der Waals surface area contributed by atoms with Crippen molar-refractivity contribution in [2.24, 2.45) is 5.92 Å². The summed E-state index contributed by atoms with van der Waals surface area (Å²) in [6.07, 6.45) is 5.40. The number of nitrogens with one attached hydrogen (secondary N) is 1. The molecule has 0 bridgehead atoms. The standard InChI is InChI=1S/C19H20N2O3/c1-13(2)12-16(19-21-15-7-3-4-8-17(15)24-19)20-18(22)10-9-14-6-5-11-23-14/h3-11,13,16H,12H2,1-2H3,(H,20,22)/b10-9+/t16-/m0/s1. The number of fused-ring (bicyclic) bond motifs is 1. The molecule has 5 nitrogen and oxygen atoms in total. The van der Waals surface area contributed by atoms with Crippen LogP contribution in [0.2, 0.25) is 0 Å². The summed E-state index contributed by atoms with van der Waals surface area (Å²) in [4.78, 5) is 16.7. The minimum Gasteiger partial charge on any atom is -0.465 e. The SMILES string of the molecule is CC(C)C[C@H](NC(=O)/C=C/c1ccco1)c1nc2ccccc2o1. The van der Waals surface area contributed by atoms with Gasteiger partial charge in [0.15, 0.2) is 5.58 Å². The molecule has 0 aliphatic heterocycles. The summed E-state index contributed by atoms with van der Waals surface area (Å²) >= 11 is 0. The van der Waals surface area contributed by atoms with Crippen LogP contribution in [0.5, 0.6) is 0 Å². The lowest BCUT2D eigenvalue weighted by Gasteiger charge is -2.16. The van der Waals surface area contributed by atoms with Gasteiger partial charge in [0.2, 0.25) is 11.8 Å². The average molecular weight is 324 g/mol. The average Bonchev–Trinajstić information content (AvgIpc) is 3.21. The number of para-hydroxylation sites is 2. The summed E-state index contributed by atoms with van der Waals surface area (Å²) in [5.74, 6) is 1.34. The number of carbonyl (C=O) groups is 1. The van der Waals surface area contributed by atoms with Crippen LogP contribution in [-0.2, 0) is 4.79 Å². The molecule has 1 atom stereocenters. The Morgan fingerprint density at radius 2 is 2.08 bits per heavy atom. The number of furan rings is 1. The van der Waals surface area contributed by atoms with E-state index >= 15 is 0 Å². The summed E-state index contributed by atoms with van der Waals surface area (Å²) in [6.45, 7) is 4.20. The van der Waals surface area contributed by atoms with Gasteiger partial charge in [0.05, 0.1) is 6.26 Å². The summed E-state index contributed by atoms with van der Waals surface area (Å²) < 4.78 is 11.0. The van der Waals surface area contributed by atoms with Crippen molar-refractivity contribution in [3.63, 3.8) is 0 Å². The largest absolute Gasteiger partial charge is 0.465 e. The molecule has 0 unspecified atom stereocenters. The molecule has 0 saturated heterocycles. The quantitative estimate of drug-likeness (QED) is 0.685. The van der Waals surface area contributed by atoms with Crippen molar-refractivity contribution in [1.29, 1.82) is 0 Å². The Labute approximate surface area is 140 Å². The zero-order chi connectivity index (χ0) is 16.9. The second-order valence-electron chi connectivity index (χ2n) is 6.06. The van der Waals surface area contributed by atoms with Crippen LogP contribution >= 0.6 is 0 Å². The second kappa shape index (κ2) is 7.17. The first-order valence-corrected chi connectivity index (χ1v) is 7.99. The van der Waals surface area contributed by atoms with E-state index in [4.69, 9.17) is 8.83 Å². The van der Waals surface area contributed by atoms with Gasteiger partial charge < -0.3 is 14.2 Å². The van der Waals surface area contributed by atoms with Crippen LogP contribution in [0.4, 0.5) is 0 Å². The second-order valence-corrected chi connectivity index (χ2v) is 6.06. The van der Waals surface area contributed by atoms with Gasteiger partial charge in [-0.25, -0.2) is 4.98 Å². The van der Waals surface area contributed by atoms with Crippen LogP contribution in [-0.4, -0.2) is 10.9 Å². The van der Waals surface area contributed by atoms with Gasteiger partial charge in [-0.2, -0.15) is 0 Å². The van der Waals surface area contributed by atoms with E-state index in [-0.39, 0.29) is 11.9 Å². The number of hydrogen-bond donors (Lipinski definition) is 1. The van der Waals surface area contributed by atoms with Crippen LogP contribution in [0.1, 0.15) is 38.0 Å². The van der Waals surface area contributed by atoms with Crippen molar-refractivity contribution < 1.29 is 13.6 Å². The van der Waals surface area contributed by atoms with Crippen molar-refractivity contribution in [2.75, 3.05) is 0 Å². The van der Waals surface area contributed by atoms with Gasteiger partial charge in [0.25, 0.3) is 0 Å². The fourth-order valence-electron chi connectivity index (χ4n) is 2.50. The normalized spacial score (nSPS) is 13.0. The zero-order valence-corrected chi connectivity index (χ0v) is 13.7. The number of benzene rings is 1. The van der Waals surface area contributed by atoms with Gasteiger partial charge in [0.1, 0.15) is 17.3 Å². The summed E-state index contributed by atoms with van der Waals surface area (Å²) in [5.41, 5.74) is 1.52. The van der Waals surface area contributed by atoms with Crippen LogP contribution in [0.3, 0.4) is 0 Å². The number of carbonyl (C=O) groups excluding carboxylic acids is 1. The molecule has 0 spiro atoms. The molecule has 0 radical (unpaired) electrons. The molecule has 2 heterocycles. The first-order chi connectivity index (χ1) is 11.6. The molecular formula is C19H20N2O3. The Bertz CT molecular complexity index is 798. The maximum Gasteiger partial charge on any atom is 0.244 e. The van der Waals surface area contributed by atoms with E-state index in [1.165, 1.54) is 6.08 Å². The highest BCUT2D eigenvalue weighted by atomic mass is 16.3. The fraction of sp³-hybridized carbons (Fsp3) is 0.263. The molecule has 24 heavy (non-hydrogen) atoms. The van der Waals surface area contributed by atoms with E-state index in [1.54, 1.807) is 24.5 Å². The van der Waals surface area contributed by atoms with E-state index < -0.39 is 0 Å². The monoisotopic (exact) mass is 324 g/mol. The summed E-state index contributed by atoms with van der Waals surface area (Å²) in [7, 11) is 0. The number of hydrogen-bond acceptors (Lipinski definition) is 4. The maximum atomic E-state index is 12.2. The molecular weight excluding hydrogens is 304 g/mol. The third kappa shape index (κ3) is 3.93. The molecule has 2 aromatic heterocycles. The molecule has 0 fully saturated rings. The fourth-order valence-corrected chi connectivity index (χ4v) is 2.50. The van der Waals surface area contributed by atoms with Crippen LogP contribution in [0.25, 0.3) is 17.2 Å². The van der Waals surface area contributed by atoms with Gasteiger partial charge in [-0.15, -0.1) is 0 Å². The minimum atomic E-state index is -0.272. The van der Waals surface area contributed by atoms with E-state index in [0.717, 1.165) is 17.5 Å². The first kappa shape index (κ1) is 16.1. The lowest BCUT2D eigenvalue weighted by atomic mass is 10.0. The first-order valence-electron chi connectivity index (χ1n) is 7.99. The number of rotatable bonds is 6. The van der Waals surface area contributed by atoms with Gasteiger partial charge in [-0.1, -0.05) is 26.0 Å². The predicted octanol–water partition coefficient (Wildman–Crippen LogP) is 4.34. The van der Waals surface area contributed by atoms with Crippen molar-refractivity contribution >= 4 is 23.1 Å². The Morgan fingerprint density at radius 3 is 2.79 bits per heavy atom. The number of nitrogens with zero attached hydrogens (tertiary/aromatic N) is 1. The van der Waals surface area contributed by atoms with Gasteiger partial charge in [-0.3, -0.25) is 4.79 Å². The van der Waals surface area contributed by atoms with E-state index in [1.807, 2.05) is 24.3 Å². The molecule has 3 rings (SSSR count). The molecule has 3 aromatic rings. The third-order valence-corrected chi connectivity index (χ3v) is 3.57. The van der Waals surface area contributed by atoms with Crippen molar-refractivity contribution in [3.8, 4) is 0 Å². The molecule has 1 N–H and O–H groups in total. The molecule has 1 amide bonds. The maximum absolute atomic E-state index is 12.2. The molecule has 5 heteroatoms. The van der Waals surface area contributed by atoms with Crippen molar-refractivity contribution in [3.05, 3.63) is 60.4 Å². The van der Waals surface area contributed by atoms with Crippen molar-refractivity contribution in [2.45, 2.75) is 26.3 Å². The molecule has 124 valence electrons. The zero-order valence-electron chi connectivity index (χ0n) is 13.7. The van der Waals surface area contributed by atoms with E-state index in [2.05, 4.69) is 24.1 Å². The Morgan fingerprint density at radius 1 is 1.25 bits per heavy atom. The summed E-state index contributed by atoms with van der Waals surface area (Å²) in [5, 5.41) is 2.96. The predicted molar refractivity (Wildman–Crippen MR) is 92.1 cm³/mol. The lowest BCUT2D eigenvalue weighted by Crippen LogP contribution is -2.28. The third-order valence-electron chi connectivity index (χ3n) is 3.57. The van der Waals surface area contributed by atoms with Crippen molar-refractivity contribution in [1.82, 2.24) is 10.3 Å². The molecule has 0 saturated carbocycles. The molecule has 0 aliphatic rings. The lowest BCUT2D eigenvalue weighted by molar-refractivity contribution is -0.117. The highest BCUT2D eigenvalue weighted by Gasteiger charge is 2.21. The van der Waals surface area contributed by atoms with E-state index in [9.17, 15) is 4.79 Å². The van der Waals surface area contributed by atoms with Gasteiger partial charge in [-0.05, 0) is 42.7 Å². The van der Waals surface area contributed by atoms with Crippen LogP contribution < -0.4 is 5.32 Å². The molecule has 0 aliphatic carbocycles. The van der Waals surface area contributed by atoms with E-state index in [0.29, 0.717) is 17.6 Å². The smallest absolute Gasteiger partial charge is 0.244 e. The van der Waals surface area contributed by atoms with Crippen LogP contribution in [0, 0.1) is 5.92 Å². The van der Waals surface area contributed by atoms with Gasteiger partial charge >= 0.3 is 0 Å². The van der Waals surface area contributed by atoms with Gasteiger partial charge in [0, 0.05) is 6.08 Å². The Kier molecular flexibility index (Phi) is 4.79. The minimum absolute atomic E-state index is 0.209. The Balaban J connectivity index is 1.77. The topological polar surface area (TPSA) is 68.3 Å².